The summed E-state index contributed by atoms with van der Waals surface area (Å²) in [5, 5.41) is 16.8. The third kappa shape index (κ3) is 2.99. The average molecular weight is 348 g/mol. The van der Waals surface area contributed by atoms with Gasteiger partial charge in [0.25, 0.3) is 0 Å². The number of phenols is 1. The van der Waals surface area contributed by atoms with E-state index in [9.17, 15) is 5.11 Å². The molecule has 4 rings (SSSR count). The number of aryl methyl sites for hydroxylation is 1. The molecule has 4 aromatic rings. The molecule has 0 fully saturated rings. The number of nitrogens with two attached hydrogens (primary N) is 1. The molecule has 0 aliphatic carbocycles. The van der Waals surface area contributed by atoms with E-state index < -0.39 is 0 Å². The van der Waals surface area contributed by atoms with E-state index in [1.54, 1.807) is 22.9 Å². The van der Waals surface area contributed by atoms with Gasteiger partial charge < -0.3 is 10.8 Å². The van der Waals surface area contributed by atoms with E-state index >= 15 is 0 Å². The molecule has 2 aromatic carbocycles. The van der Waals surface area contributed by atoms with Crippen molar-refractivity contribution in [2.45, 2.75) is 6.92 Å². The molecule has 0 saturated carbocycles. The Labute approximate surface area is 149 Å². The fourth-order valence-corrected chi connectivity index (χ4v) is 3.38. The van der Waals surface area contributed by atoms with Gasteiger partial charge in [-0.25, -0.2) is 4.98 Å². The van der Waals surface area contributed by atoms with E-state index in [2.05, 4.69) is 17.0 Å². The maximum atomic E-state index is 9.63. The fourth-order valence-electron chi connectivity index (χ4n) is 2.57. The predicted octanol–water partition coefficient (Wildman–Crippen LogP) is 4.26. The summed E-state index contributed by atoms with van der Waals surface area (Å²) in [5.74, 6) is 0.750. The van der Waals surface area contributed by atoms with Gasteiger partial charge in [-0.2, -0.15) is 9.78 Å². The van der Waals surface area contributed by atoms with Crippen LogP contribution in [0.15, 0.2) is 60.0 Å². The number of aromatic hydroxyl groups is 1. The zero-order chi connectivity index (χ0) is 17.4. The Bertz CT molecular complexity index is 1030. The smallest absolute Gasteiger partial charge is 0.212 e. The lowest BCUT2D eigenvalue weighted by atomic mass is 10.1. The van der Waals surface area contributed by atoms with Gasteiger partial charge in [-0.15, -0.1) is 11.3 Å². The first-order chi connectivity index (χ1) is 12.1. The Kier molecular flexibility index (Phi) is 3.74. The number of hydrogen-bond donors (Lipinski definition) is 2. The summed E-state index contributed by atoms with van der Waals surface area (Å²) in [6, 6.07) is 17.0. The summed E-state index contributed by atoms with van der Waals surface area (Å²) in [6.07, 6.45) is 0. The van der Waals surface area contributed by atoms with Crippen molar-refractivity contribution in [3.8, 4) is 33.4 Å². The largest absolute Gasteiger partial charge is 0.508 e. The number of nitrogen functional groups attached to an aromatic ring is 1. The van der Waals surface area contributed by atoms with Crippen LogP contribution in [0.4, 0.5) is 5.82 Å². The predicted molar refractivity (Wildman–Crippen MR) is 101 cm³/mol. The molecule has 0 atom stereocenters. The van der Waals surface area contributed by atoms with Gasteiger partial charge in [-0.3, -0.25) is 0 Å². The normalized spacial score (nSPS) is 10.9. The number of benzene rings is 2. The summed E-state index contributed by atoms with van der Waals surface area (Å²) >= 11 is 1.46. The number of thiazole rings is 1. The molecule has 5 nitrogen and oxygen atoms in total. The topological polar surface area (TPSA) is 77.0 Å². The van der Waals surface area contributed by atoms with Crippen LogP contribution in [0.5, 0.6) is 5.75 Å². The van der Waals surface area contributed by atoms with Crippen molar-refractivity contribution in [3.05, 3.63) is 65.5 Å². The molecule has 2 heterocycles. The van der Waals surface area contributed by atoms with E-state index in [-0.39, 0.29) is 5.75 Å². The van der Waals surface area contributed by atoms with Gasteiger partial charge in [-0.05, 0) is 19.1 Å². The quantitative estimate of drug-likeness (QED) is 0.580. The third-order valence-electron chi connectivity index (χ3n) is 3.90. The molecule has 0 aliphatic heterocycles. The summed E-state index contributed by atoms with van der Waals surface area (Å²) in [7, 11) is 0. The maximum Gasteiger partial charge on any atom is 0.212 e. The van der Waals surface area contributed by atoms with E-state index in [1.165, 1.54) is 16.9 Å². The van der Waals surface area contributed by atoms with E-state index in [0.29, 0.717) is 10.9 Å². The van der Waals surface area contributed by atoms with E-state index in [1.807, 2.05) is 41.8 Å². The molecular weight excluding hydrogens is 332 g/mol. The van der Waals surface area contributed by atoms with E-state index in [0.717, 1.165) is 22.5 Å². The van der Waals surface area contributed by atoms with Crippen molar-refractivity contribution in [2.24, 2.45) is 0 Å². The Morgan fingerprint density at radius 3 is 2.56 bits per heavy atom. The molecular formula is C19H16N4OS. The van der Waals surface area contributed by atoms with Gasteiger partial charge in [-0.1, -0.05) is 42.0 Å². The number of hydrogen-bond acceptors (Lipinski definition) is 5. The van der Waals surface area contributed by atoms with Crippen LogP contribution in [0.25, 0.3) is 27.6 Å². The first-order valence-electron chi connectivity index (χ1n) is 7.78. The Morgan fingerprint density at radius 1 is 1.00 bits per heavy atom. The Morgan fingerprint density at radius 2 is 1.80 bits per heavy atom. The zero-order valence-corrected chi connectivity index (χ0v) is 14.4. The molecule has 25 heavy (non-hydrogen) atoms. The van der Waals surface area contributed by atoms with Crippen molar-refractivity contribution in [1.82, 2.24) is 14.8 Å². The van der Waals surface area contributed by atoms with Crippen molar-refractivity contribution in [2.75, 3.05) is 5.73 Å². The van der Waals surface area contributed by atoms with Crippen LogP contribution < -0.4 is 5.73 Å². The number of aromatic nitrogens is 3. The van der Waals surface area contributed by atoms with E-state index in [4.69, 9.17) is 5.73 Å². The molecule has 0 unspecified atom stereocenters. The molecule has 0 amide bonds. The van der Waals surface area contributed by atoms with Gasteiger partial charge in [0, 0.05) is 22.6 Å². The highest BCUT2D eigenvalue weighted by atomic mass is 32.1. The number of rotatable bonds is 3. The SMILES string of the molecule is Cc1ccc(-c2cc(N)n(-c3nc(-c4cccc(O)c4)cs3)n2)cc1. The number of anilines is 1. The second-order valence-corrected chi connectivity index (χ2v) is 6.63. The fraction of sp³-hybridized carbons (Fsp3) is 0.0526. The Hall–Kier alpha value is -3.12. The minimum absolute atomic E-state index is 0.215. The first kappa shape index (κ1) is 15.4. The van der Waals surface area contributed by atoms with Crippen LogP contribution >= 0.6 is 11.3 Å². The summed E-state index contributed by atoms with van der Waals surface area (Å²) in [4.78, 5) is 4.60. The molecule has 0 aliphatic rings. The maximum absolute atomic E-state index is 9.63. The van der Waals surface area contributed by atoms with Crippen LogP contribution in [-0.2, 0) is 0 Å². The second kappa shape index (κ2) is 6.07. The van der Waals surface area contributed by atoms with Crippen LogP contribution in [0.3, 0.4) is 0 Å². The average Bonchev–Trinajstić information content (AvgIpc) is 3.22. The lowest BCUT2D eigenvalue weighted by molar-refractivity contribution is 0.475. The molecule has 6 heteroatoms. The van der Waals surface area contributed by atoms with Crippen molar-refractivity contribution in [1.29, 1.82) is 0 Å². The standard InChI is InChI=1S/C19H16N4OS/c1-12-5-7-13(8-6-12)16-10-18(20)23(22-16)19-21-17(11-25-19)14-3-2-4-15(24)9-14/h2-11,24H,20H2,1H3. The monoisotopic (exact) mass is 348 g/mol. The molecule has 3 N–H and O–H groups in total. The molecule has 2 aromatic heterocycles. The minimum atomic E-state index is 0.215. The number of nitrogens with zero attached hydrogens (tertiary/aromatic N) is 3. The van der Waals surface area contributed by atoms with Crippen molar-refractivity contribution < 1.29 is 5.11 Å². The third-order valence-corrected chi connectivity index (χ3v) is 4.72. The van der Waals surface area contributed by atoms with Crippen LogP contribution in [0.1, 0.15) is 5.56 Å². The summed E-state index contributed by atoms with van der Waals surface area (Å²) in [5.41, 5.74) is 10.8. The van der Waals surface area contributed by atoms with Crippen LogP contribution in [-0.4, -0.2) is 19.9 Å². The van der Waals surface area contributed by atoms with Crippen LogP contribution in [0, 0.1) is 6.92 Å². The van der Waals surface area contributed by atoms with Gasteiger partial charge in [0.15, 0.2) is 0 Å². The highest BCUT2D eigenvalue weighted by molar-refractivity contribution is 7.12. The highest BCUT2D eigenvalue weighted by Crippen LogP contribution is 2.29. The summed E-state index contributed by atoms with van der Waals surface area (Å²) in [6.45, 7) is 2.05. The molecule has 0 bridgehead atoms. The lowest BCUT2D eigenvalue weighted by Gasteiger charge is -1.99. The van der Waals surface area contributed by atoms with Gasteiger partial charge in [0.05, 0.1) is 11.4 Å². The first-order valence-corrected chi connectivity index (χ1v) is 8.66. The van der Waals surface area contributed by atoms with Crippen LogP contribution in [0.2, 0.25) is 0 Å². The Balaban J connectivity index is 1.70. The minimum Gasteiger partial charge on any atom is -0.508 e. The summed E-state index contributed by atoms with van der Waals surface area (Å²) < 4.78 is 1.64. The number of phenolic OH excluding ortho intramolecular Hbond substituents is 1. The molecule has 0 saturated heterocycles. The van der Waals surface area contributed by atoms with Crippen molar-refractivity contribution in [3.63, 3.8) is 0 Å². The van der Waals surface area contributed by atoms with Gasteiger partial charge >= 0.3 is 0 Å². The lowest BCUT2D eigenvalue weighted by Crippen LogP contribution is -2.01. The van der Waals surface area contributed by atoms with Gasteiger partial charge in [0.2, 0.25) is 5.13 Å². The second-order valence-electron chi connectivity index (χ2n) is 5.80. The van der Waals surface area contributed by atoms with Gasteiger partial charge in [0.1, 0.15) is 11.6 Å². The zero-order valence-electron chi connectivity index (χ0n) is 13.5. The molecule has 124 valence electrons. The molecule has 0 spiro atoms. The highest BCUT2D eigenvalue weighted by Gasteiger charge is 2.13. The van der Waals surface area contributed by atoms with Crippen molar-refractivity contribution >= 4 is 17.2 Å². The molecule has 0 radical (unpaired) electrons.